The Morgan fingerprint density at radius 1 is 1.07 bits per heavy atom. The molecule has 0 saturated carbocycles. The SMILES string of the molecule is Cc1cc(C)c2[nH]c(CN3CCCN(CC(=O)N(C)C)CC3)cc(=O)c2c1. The van der Waals surface area contributed by atoms with E-state index in [-0.39, 0.29) is 11.3 Å². The number of aromatic nitrogens is 1. The van der Waals surface area contributed by atoms with Gasteiger partial charge in [-0.15, -0.1) is 0 Å². The van der Waals surface area contributed by atoms with Gasteiger partial charge >= 0.3 is 0 Å². The van der Waals surface area contributed by atoms with E-state index >= 15 is 0 Å². The molecule has 1 saturated heterocycles. The highest BCUT2D eigenvalue weighted by Gasteiger charge is 2.18. The van der Waals surface area contributed by atoms with Gasteiger partial charge in [0.25, 0.3) is 0 Å². The van der Waals surface area contributed by atoms with E-state index in [1.54, 1.807) is 25.1 Å². The summed E-state index contributed by atoms with van der Waals surface area (Å²) < 4.78 is 0. The molecule has 0 unspecified atom stereocenters. The number of nitrogens with one attached hydrogen (secondary N) is 1. The van der Waals surface area contributed by atoms with E-state index in [0.717, 1.165) is 66.9 Å². The molecule has 0 bridgehead atoms. The molecule has 0 atom stereocenters. The van der Waals surface area contributed by atoms with E-state index in [1.807, 2.05) is 19.9 Å². The standard InChI is InChI=1S/C21H30N4O2/c1-15-10-16(2)21-18(11-15)19(26)12-17(22-21)13-24-6-5-7-25(9-8-24)14-20(27)23(3)4/h10-12H,5-9,13-14H2,1-4H3,(H,22,26). The molecule has 1 aliphatic rings. The van der Waals surface area contributed by atoms with Crippen LogP contribution in [0.3, 0.4) is 0 Å². The highest BCUT2D eigenvalue weighted by molar-refractivity contribution is 5.82. The summed E-state index contributed by atoms with van der Waals surface area (Å²) in [4.78, 5) is 34.2. The molecule has 146 valence electrons. The third-order valence-corrected chi connectivity index (χ3v) is 5.27. The molecule has 27 heavy (non-hydrogen) atoms. The number of hydrogen-bond acceptors (Lipinski definition) is 4. The number of aromatic amines is 1. The molecule has 0 aliphatic carbocycles. The lowest BCUT2D eigenvalue weighted by Crippen LogP contribution is -2.38. The van der Waals surface area contributed by atoms with Crippen LogP contribution >= 0.6 is 0 Å². The largest absolute Gasteiger partial charge is 0.357 e. The Kier molecular flexibility index (Phi) is 5.97. The summed E-state index contributed by atoms with van der Waals surface area (Å²) >= 11 is 0. The molecule has 1 amide bonds. The second kappa shape index (κ2) is 8.23. The van der Waals surface area contributed by atoms with E-state index in [4.69, 9.17) is 0 Å². The van der Waals surface area contributed by atoms with Gasteiger partial charge in [-0.2, -0.15) is 0 Å². The number of amides is 1. The average molecular weight is 370 g/mol. The van der Waals surface area contributed by atoms with Gasteiger partial charge in [0, 0.05) is 50.9 Å². The van der Waals surface area contributed by atoms with Crippen molar-refractivity contribution in [2.24, 2.45) is 0 Å². The second-order valence-corrected chi connectivity index (χ2v) is 7.86. The van der Waals surface area contributed by atoms with E-state index in [9.17, 15) is 9.59 Å². The van der Waals surface area contributed by atoms with Crippen LogP contribution in [0.2, 0.25) is 0 Å². The first-order valence-corrected chi connectivity index (χ1v) is 9.61. The molecule has 1 aromatic heterocycles. The van der Waals surface area contributed by atoms with Crippen LogP contribution < -0.4 is 5.43 Å². The molecule has 1 aliphatic heterocycles. The highest BCUT2D eigenvalue weighted by atomic mass is 16.2. The van der Waals surface area contributed by atoms with Gasteiger partial charge in [-0.05, 0) is 50.6 Å². The lowest BCUT2D eigenvalue weighted by Gasteiger charge is -2.22. The fourth-order valence-corrected chi connectivity index (χ4v) is 3.76. The number of fused-ring (bicyclic) bond motifs is 1. The summed E-state index contributed by atoms with van der Waals surface area (Å²) in [5.74, 6) is 0.146. The molecule has 1 aromatic carbocycles. The minimum Gasteiger partial charge on any atom is -0.357 e. The van der Waals surface area contributed by atoms with Crippen LogP contribution in [0.15, 0.2) is 23.0 Å². The zero-order valence-corrected chi connectivity index (χ0v) is 16.8. The van der Waals surface area contributed by atoms with Crippen molar-refractivity contribution < 1.29 is 4.79 Å². The average Bonchev–Trinajstić information content (AvgIpc) is 2.81. The zero-order chi connectivity index (χ0) is 19.6. The minimum absolute atomic E-state index is 0.0820. The van der Waals surface area contributed by atoms with Gasteiger partial charge in [-0.25, -0.2) is 0 Å². The topological polar surface area (TPSA) is 59.7 Å². The molecule has 3 rings (SSSR count). The summed E-state index contributed by atoms with van der Waals surface area (Å²) in [7, 11) is 3.60. The van der Waals surface area contributed by atoms with Crippen molar-refractivity contribution in [2.75, 3.05) is 46.8 Å². The lowest BCUT2D eigenvalue weighted by molar-refractivity contribution is -0.129. The fraction of sp³-hybridized carbons (Fsp3) is 0.524. The Morgan fingerprint density at radius 2 is 1.78 bits per heavy atom. The van der Waals surface area contributed by atoms with Crippen molar-refractivity contribution in [1.82, 2.24) is 19.7 Å². The normalized spacial score (nSPS) is 16.4. The molecular weight excluding hydrogens is 340 g/mol. The molecule has 2 aromatic rings. The summed E-state index contributed by atoms with van der Waals surface area (Å²) in [5, 5.41) is 0.764. The van der Waals surface area contributed by atoms with Gasteiger partial charge in [-0.1, -0.05) is 6.07 Å². The Labute approximate surface area is 160 Å². The maximum atomic E-state index is 12.6. The molecule has 6 nitrogen and oxygen atoms in total. The summed E-state index contributed by atoms with van der Waals surface area (Å²) in [6.07, 6.45) is 1.02. The number of benzene rings is 1. The van der Waals surface area contributed by atoms with Crippen molar-refractivity contribution in [2.45, 2.75) is 26.8 Å². The van der Waals surface area contributed by atoms with Gasteiger partial charge in [0.15, 0.2) is 5.43 Å². The van der Waals surface area contributed by atoms with Crippen LogP contribution in [0, 0.1) is 13.8 Å². The van der Waals surface area contributed by atoms with E-state index in [2.05, 4.69) is 20.9 Å². The molecule has 1 fully saturated rings. The molecule has 1 N–H and O–H groups in total. The van der Waals surface area contributed by atoms with Gasteiger partial charge in [0.1, 0.15) is 0 Å². The highest BCUT2D eigenvalue weighted by Crippen LogP contribution is 2.17. The van der Waals surface area contributed by atoms with Crippen LogP contribution in [0.25, 0.3) is 10.9 Å². The number of hydrogen-bond donors (Lipinski definition) is 1. The van der Waals surface area contributed by atoms with E-state index in [0.29, 0.717) is 6.54 Å². The number of pyridine rings is 1. The van der Waals surface area contributed by atoms with Crippen LogP contribution in [0.1, 0.15) is 23.2 Å². The Morgan fingerprint density at radius 3 is 2.52 bits per heavy atom. The van der Waals surface area contributed by atoms with E-state index in [1.165, 1.54) is 0 Å². The molecular formula is C21H30N4O2. The predicted octanol–water partition coefficient (Wildman–Crippen LogP) is 1.74. The van der Waals surface area contributed by atoms with Crippen LogP contribution in [-0.2, 0) is 11.3 Å². The number of rotatable bonds is 4. The number of carbonyl (C=O) groups is 1. The lowest BCUT2D eigenvalue weighted by atomic mass is 10.1. The van der Waals surface area contributed by atoms with Gasteiger partial charge < -0.3 is 9.88 Å². The van der Waals surface area contributed by atoms with Crippen LogP contribution in [0.4, 0.5) is 0 Å². The predicted molar refractivity (Wildman–Crippen MR) is 109 cm³/mol. The minimum atomic E-state index is 0.0820. The maximum absolute atomic E-state index is 12.6. The smallest absolute Gasteiger partial charge is 0.236 e. The van der Waals surface area contributed by atoms with Crippen LogP contribution in [-0.4, -0.2) is 72.4 Å². The Hall–Kier alpha value is -2.18. The third-order valence-electron chi connectivity index (χ3n) is 5.27. The number of carbonyl (C=O) groups excluding carboxylic acids is 1. The zero-order valence-electron chi connectivity index (χ0n) is 16.8. The summed E-state index contributed by atoms with van der Waals surface area (Å²) in [6, 6.07) is 5.80. The molecule has 2 heterocycles. The van der Waals surface area contributed by atoms with Gasteiger partial charge in [-0.3, -0.25) is 19.4 Å². The molecule has 0 spiro atoms. The third kappa shape index (κ3) is 4.76. The van der Waals surface area contributed by atoms with Crippen molar-refractivity contribution >= 4 is 16.8 Å². The number of nitrogens with zero attached hydrogens (tertiary/aromatic N) is 3. The quantitative estimate of drug-likeness (QED) is 0.891. The Bertz CT molecular complexity index is 888. The van der Waals surface area contributed by atoms with Crippen molar-refractivity contribution in [3.05, 3.63) is 45.2 Å². The summed E-state index contributed by atoms with van der Waals surface area (Å²) in [6.45, 7) is 8.94. The van der Waals surface area contributed by atoms with Gasteiger partial charge in [0.2, 0.25) is 5.91 Å². The maximum Gasteiger partial charge on any atom is 0.236 e. The monoisotopic (exact) mass is 370 g/mol. The molecule has 6 heteroatoms. The van der Waals surface area contributed by atoms with Gasteiger partial charge in [0.05, 0.1) is 12.1 Å². The number of H-pyrrole nitrogens is 1. The first-order chi connectivity index (χ1) is 12.8. The summed E-state index contributed by atoms with van der Waals surface area (Å²) in [5.41, 5.74) is 4.19. The fourth-order valence-electron chi connectivity index (χ4n) is 3.76. The first-order valence-electron chi connectivity index (χ1n) is 9.61. The molecule has 0 radical (unpaired) electrons. The van der Waals surface area contributed by atoms with E-state index < -0.39 is 0 Å². The van der Waals surface area contributed by atoms with Crippen molar-refractivity contribution in [1.29, 1.82) is 0 Å². The second-order valence-electron chi connectivity index (χ2n) is 7.86. The van der Waals surface area contributed by atoms with Crippen molar-refractivity contribution in [3.63, 3.8) is 0 Å². The number of likely N-dealkylation sites (N-methyl/N-ethyl adjacent to an activating group) is 1. The van der Waals surface area contributed by atoms with Crippen LogP contribution in [0.5, 0.6) is 0 Å². The van der Waals surface area contributed by atoms with Crippen molar-refractivity contribution in [3.8, 4) is 0 Å². The first kappa shape index (κ1) is 19.6. The number of aryl methyl sites for hydroxylation is 2. The Balaban J connectivity index is 1.70.